The Morgan fingerprint density at radius 1 is 1.64 bits per heavy atom. The fourth-order valence-corrected chi connectivity index (χ4v) is 1.79. The highest BCUT2D eigenvalue weighted by atomic mass is 32.2. The van der Waals surface area contributed by atoms with Crippen LogP contribution < -0.4 is 0 Å². The van der Waals surface area contributed by atoms with Gasteiger partial charge >= 0.3 is 0 Å². The molecule has 1 atom stereocenters. The molecule has 0 fully saturated rings. The van der Waals surface area contributed by atoms with E-state index < -0.39 is 15.9 Å². The summed E-state index contributed by atoms with van der Waals surface area (Å²) in [6.07, 6.45) is 0. The van der Waals surface area contributed by atoms with Crippen LogP contribution in [0.2, 0.25) is 0 Å². The van der Waals surface area contributed by atoms with Gasteiger partial charge in [0.15, 0.2) is 4.75 Å². The molecule has 0 amide bonds. The molecular weight excluding hydrogens is 160 g/mol. The molecule has 0 saturated carbocycles. The Labute approximate surface area is 71.8 Å². The van der Waals surface area contributed by atoms with E-state index >= 15 is 0 Å². The zero-order chi connectivity index (χ0) is 9.07. The van der Waals surface area contributed by atoms with E-state index in [9.17, 15) is 4.55 Å². The largest absolute Gasteiger partial charge is 0.616 e. The predicted octanol–water partition coefficient (Wildman–Crippen LogP) is 1.69. The highest BCUT2D eigenvalue weighted by molar-refractivity contribution is 7.92. The lowest BCUT2D eigenvalue weighted by molar-refractivity contribution is 0.262. The fourth-order valence-electron chi connectivity index (χ4n) is 0.734. The van der Waals surface area contributed by atoms with E-state index in [1.54, 1.807) is 7.11 Å². The summed E-state index contributed by atoms with van der Waals surface area (Å²) >= 11 is -0.892. The van der Waals surface area contributed by atoms with Gasteiger partial charge in [-0.2, -0.15) is 0 Å². The van der Waals surface area contributed by atoms with Gasteiger partial charge in [-0.15, -0.1) is 0 Å². The molecule has 0 aliphatic carbocycles. The van der Waals surface area contributed by atoms with Crippen molar-refractivity contribution in [3.8, 4) is 0 Å². The lowest BCUT2D eigenvalue weighted by atomic mass is 10.2. The van der Waals surface area contributed by atoms with Crippen molar-refractivity contribution in [1.29, 1.82) is 0 Å². The second-order valence-electron chi connectivity index (χ2n) is 2.77. The van der Waals surface area contributed by atoms with Crippen LogP contribution in [-0.2, 0) is 15.9 Å². The summed E-state index contributed by atoms with van der Waals surface area (Å²) in [5, 5.41) is 0. The Bertz CT molecular complexity index is 143. The van der Waals surface area contributed by atoms with Crippen molar-refractivity contribution in [2.75, 3.05) is 12.9 Å². The number of hydrogen-bond donors (Lipinski definition) is 0. The van der Waals surface area contributed by atoms with Crippen molar-refractivity contribution in [2.45, 2.75) is 25.5 Å². The fraction of sp³-hybridized carbons (Fsp3) is 0.750. The lowest BCUT2D eigenvalue weighted by Gasteiger charge is -2.28. The molecule has 0 N–H and O–H groups in total. The van der Waals surface area contributed by atoms with E-state index in [0.29, 0.717) is 11.5 Å². The number of hydrogen-bond acceptors (Lipinski definition) is 2. The third kappa shape index (κ3) is 2.42. The van der Waals surface area contributed by atoms with Gasteiger partial charge in [0.2, 0.25) is 0 Å². The van der Waals surface area contributed by atoms with Crippen molar-refractivity contribution in [1.82, 2.24) is 0 Å². The highest BCUT2D eigenvalue weighted by Crippen LogP contribution is 2.25. The van der Waals surface area contributed by atoms with Crippen molar-refractivity contribution in [3.05, 3.63) is 12.3 Å². The SMILES string of the molecule is C=C(OC)C(C)(C)[S+]([O-])CC. The van der Waals surface area contributed by atoms with Crippen molar-refractivity contribution < 1.29 is 9.29 Å². The van der Waals surface area contributed by atoms with Gasteiger partial charge in [0.1, 0.15) is 11.5 Å². The van der Waals surface area contributed by atoms with Gasteiger partial charge in [-0.1, -0.05) is 6.58 Å². The predicted molar refractivity (Wildman–Crippen MR) is 48.9 cm³/mol. The minimum Gasteiger partial charge on any atom is -0.616 e. The first kappa shape index (κ1) is 10.8. The van der Waals surface area contributed by atoms with Crippen LogP contribution in [-0.4, -0.2) is 22.2 Å². The first-order valence-corrected chi connectivity index (χ1v) is 4.90. The van der Waals surface area contributed by atoms with Crippen molar-refractivity contribution >= 4 is 11.2 Å². The van der Waals surface area contributed by atoms with Crippen LogP contribution in [0, 0.1) is 0 Å². The smallest absolute Gasteiger partial charge is 0.175 e. The Morgan fingerprint density at radius 2 is 2.09 bits per heavy atom. The van der Waals surface area contributed by atoms with E-state index in [-0.39, 0.29) is 0 Å². The van der Waals surface area contributed by atoms with Crippen LogP contribution in [0.3, 0.4) is 0 Å². The number of methoxy groups -OCH3 is 1. The molecule has 0 radical (unpaired) electrons. The molecule has 0 heterocycles. The molecule has 66 valence electrons. The summed E-state index contributed by atoms with van der Waals surface area (Å²) < 4.78 is 15.9. The summed E-state index contributed by atoms with van der Waals surface area (Å²) in [6.45, 7) is 9.34. The van der Waals surface area contributed by atoms with Gasteiger partial charge in [-0.05, 0) is 31.9 Å². The quantitative estimate of drug-likeness (QED) is 0.482. The lowest BCUT2D eigenvalue weighted by Crippen LogP contribution is -2.35. The van der Waals surface area contributed by atoms with Gasteiger partial charge < -0.3 is 9.29 Å². The minimum atomic E-state index is -0.892. The van der Waals surface area contributed by atoms with Gasteiger partial charge in [0.25, 0.3) is 0 Å². The van der Waals surface area contributed by atoms with Crippen LogP contribution in [0.5, 0.6) is 0 Å². The maximum absolute atomic E-state index is 11.4. The second kappa shape index (κ2) is 4.02. The summed E-state index contributed by atoms with van der Waals surface area (Å²) in [6, 6.07) is 0. The Hall–Kier alpha value is -0.150. The first-order valence-electron chi connectivity index (χ1n) is 3.58. The summed E-state index contributed by atoms with van der Waals surface area (Å²) in [4.78, 5) is 0. The Kier molecular flexibility index (Phi) is 3.97. The zero-order valence-electron chi connectivity index (χ0n) is 7.64. The molecule has 0 spiro atoms. The molecule has 11 heavy (non-hydrogen) atoms. The Morgan fingerprint density at radius 3 is 2.36 bits per heavy atom. The zero-order valence-corrected chi connectivity index (χ0v) is 8.46. The number of rotatable bonds is 4. The summed E-state index contributed by atoms with van der Waals surface area (Å²) in [5.74, 6) is 1.22. The molecule has 0 rings (SSSR count). The van der Waals surface area contributed by atoms with E-state index in [4.69, 9.17) is 4.74 Å². The monoisotopic (exact) mass is 176 g/mol. The van der Waals surface area contributed by atoms with Crippen molar-refractivity contribution in [2.24, 2.45) is 0 Å². The van der Waals surface area contributed by atoms with Gasteiger partial charge in [-0.3, -0.25) is 0 Å². The average Bonchev–Trinajstić information content (AvgIpc) is 2.01. The number of ether oxygens (including phenoxy) is 1. The Balaban J connectivity index is 4.31. The van der Waals surface area contributed by atoms with E-state index in [2.05, 4.69) is 6.58 Å². The van der Waals surface area contributed by atoms with Crippen LogP contribution in [0.1, 0.15) is 20.8 Å². The molecule has 0 aliphatic rings. The molecule has 0 aromatic heterocycles. The third-order valence-corrected chi connectivity index (χ3v) is 3.64. The van der Waals surface area contributed by atoms with Gasteiger partial charge in [0, 0.05) is 0 Å². The average molecular weight is 176 g/mol. The van der Waals surface area contributed by atoms with Crippen LogP contribution in [0.15, 0.2) is 12.3 Å². The van der Waals surface area contributed by atoms with E-state index in [1.807, 2.05) is 20.8 Å². The van der Waals surface area contributed by atoms with E-state index in [1.165, 1.54) is 0 Å². The third-order valence-electron chi connectivity index (χ3n) is 1.75. The molecule has 0 aromatic carbocycles. The molecule has 0 aromatic rings. The van der Waals surface area contributed by atoms with Gasteiger partial charge in [-0.25, -0.2) is 0 Å². The van der Waals surface area contributed by atoms with E-state index in [0.717, 1.165) is 0 Å². The topological polar surface area (TPSA) is 32.3 Å². The first-order chi connectivity index (χ1) is 4.96. The minimum absolute atomic E-state index is 0.427. The van der Waals surface area contributed by atoms with Gasteiger partial charge in [0.05, 0.1) is 7.11 Å². The highest BCUT2D eigenvalue weighted by Gasteiger charge is 2.34. The molecule has 1 unspecified atom stereocenters. The molecule has 2 nitrogen and oxygen atoms in total. The maximum atomic E-state index is 11.4. The van der Waals surface area contributed by atoms with Crippen LogP contribution >= 0.6 is 0 Å². The molecule has 3 heteroatoms. The second-order valence-corrected chi connectivity index (χ2v) is 5.06. The molecular formula is C8H16O2S. The van der Waals surface area contributed by atoms with Crippen LogP contribution in [0.25, 0.3) is 0 Å². The standard InChI is InChI=1S/C8H16O2S/c1-6-11(9)8(3,4)7(2)10-5/h2,6H2,1,3-5H3. The normalized spacial score (nSPS) is 14.3. The van der Waals surface area contributed by atoms with Crippen LogP contribution in [0.4, 0.5) is 0 Å². The molecule has 0 aliphatic heterocycles. The van der Waals surface area contributed by atoms with Crippen molar-refractivity contribution in [3.63, 3.8) is 0 Å². The molecule has 0 saturated heterocycles. The molecule has 0 bridgehead atoms. The summed E-state index contributed by atoms with van der Waals surface area (Å²) in [5.41, 5.74) is 0. The maximum Gasteiger partial charge on any atom is 0.175 e. The summed E-state index contributed by atoms with van der Waals surface area (Å²) in [7, 11) is 1.55.